The molecule has 2 aromatic rings. The van der Waals surface area contributed by atoms with Crippen LogP contribution >= 0.6 is 23.8 Å². The van der Waals surface area contributed by atoms with Gasteiger partial charge in [0.1, 0.15) is 11.5 Å². The summed E-state index contributed by atoms with van der Waals surface area (Å²) in [6.07, 6.45) is 4.23. The Bertz CT molecular complexity index is 821. The van der Waals surface area contributed by atoms with Gasteiger partial charge in [0, 0.05) is 11.1 Å². The van der Waals surface area contributed by atoms with Crippen LogP contribution in [0.4, 0.5) is 0 Å². The third-order valence-corrected chi connectivity index (χ3v) is 3.43. The van der Waals surface area contributed by atoms with Crippen LogP contribution in [0.25, 0.3) is 6.08 Å². The molecule has 3 N–H and O–H groups in total. The molecule has 2 rings (SSSR count). The topological polar surface area (TPSA) is 92.6 Å². The molecule has 136 valence electrons. The number of hydrogen-bond acceptors (Lipinski definition) is 5. The van der Waals surface area contributed by atoms with Gasteiger partial charge in [-0.2, -0.15) is 0 Å². The van der Waals surface area contributed by atoms with Crippen LogP contribution in [0.2, 0.25) is 5.02 Å². The molecule has 0 saturated heterocycles. The minimum Gasteiger partial charge on any atom is -0.483 e. The average molecular weight is 394 g/mol. The summed E-state index contributed by atoms with van der Waals surface area (Å²) in [7, 11) is 0. The van der Waals surface area contributed by atoms with E-state index in [4.69, 9.17) is 33.0 Å². The first-order valence-corrected chi connectivity index (χ1v) is 8.23. The fraction of sp³-hybridized carbons (Fsp3) is 0.118. The molecule has 1 aromatic heterocycles. The van der Waals surface area contributed by atoms with Crippen LogP contribution in [0.5, 0.6) is 5.75 Å². The molecule has 0 fully saturated rings. The smallest absolute Gasteiger partial charge is 0.276 e. The quantitative estimate of drug-likeness (QED) is 0.410. The number of halogens is 1. The van der Waals surface area contributed by atoms with Gasteiger partial charge in [-0.1, -0.05) is 11.6 Å². The van der Waals surface area contributed by atoms with Gasteiger partial charge in [-0.05, 0) is 61.1 Å². The SMILES string of the molecule is Cc1cc(Cl)ccc1OCC(=O)NNC(=S)NC(=O)/C=C/c1ccco1. The predicted octanol–water partition coefficient (Wildman–Crippen LogP) is 2.36. The Hall–Kier alpha value is -2.84. The van der Waals surface area contributed by atoms with Gasteiger partial charge in [-0.15, -0.1) is 0 Å². The van der Waals surface area contributed by atoms with E-state index in [1.165, 1.54) is 18.4 Å². The van der Waals surface area contributed by atoms with Gasteiger partial charge < -0.3 is 9.15 Å². The number of nitrogens with one attached hydrogen (secondary N) is 3. The molecule has 0 aliphatic carbocycles. The third kappa shape index (κ3) is 6.58. The highest BCUT2D eigenvalue weighted by Gasteiger charge is 2.07. The number of ether oxygens (including phenoxy) is 1. The maximum absolute atomic E-state index is 11.7. The first-order valence-electron chi connectivity index (χ1n) is 7.44. The Kier molecular flexibility index (Phi) is 7.19. The minimum absolute atomic E-state index is 0.0601. The van der Waals surface area contributed by atoms with Crippen molar-refractivity contribution in [2.24, 2.45) is 0 Å². The van der Waals surface area contributed by atoms with E-state index in [1.807, 2.05) is 6.92 Å². The normalized spacial score (nSPS) is 10.4. The lowest BCUT2D eigenvalue weighted by atomic mass is 10.2. The number of benzene rings is 1. The van der Waals surface area contributed by atoms with Crippen LogP contribution in [0.1, 0.15) is 11.3 Å². The van der Waals surface area contributed by atoms with Crippen molar-refractivity contribution in [2.45, 2.75) is 6.92 Å². The van der Waals surface area contributed by atoms with Crippen molar-refractivity contribution >= 4 is 46.8 Å². The molecule has 1 aromatic carbocycles. The van der Waals surface area contributed by atoms with Crippen molar-refractivity contribution < 1.29 is 18.7 Å². The average Bonchev–Trinajstić information content (AvgIpc) is 3.11. The van der Waals surface area contributed by atoms with Gasteiger partial charge in [0.05, 0.1) is 6.26 Å². The molecule has 2 amide bonds. The lowest BCUT2D eigenvalue weighted by molar-refractivity contribution is -0.123. The number of hydrazine groups is 1. The molecule has 9 heteroatoms. The van der Waals surface area contributed by atoms with Crippen LogP contribution in [0.3, 0.4) is 0 Å². The van der Waals surface area contributed by atoms with Crippen LogP contribution < -0.4 is 20.9 Å². The molecule has 26 heavy (non-hydrogen) atoms. The van der Waals surface area contributed by atoms with Crippen molar-refractivity contribution in [1.82, 2.24) is 16.2 Å². The lowest BCUT2D eigenvalue weighted by Crippen LogP contribution is -2.49. The Morgan fingerprint density at radius 2 is 2.12 bits per heavy atom. The van der Waals surface area contributed by atoms with E-state index in [9.17, 15) is 9.59 Å². The number of rotatable bonds is 5. The maximum Gasteiger partial charge on any atom is 0.276 e. The zero-order chi connectivity index (χ0) is 18.9. The Labute approximate surface area is 160 Å². The van der Waals surface area contributed by atoms with Gasteiger partial charge in [0.2, 0.25) is 5.91 Å². The van der Waals surface area contributed by atoms with Crippen LogP contribution in [0.15, 0.2) is 47.1 Å². The Morgan fingerprint density at radius 3 is 2.81 bits per heavy atom. The number of furan rings is 1. The zero-order valence-electron chi connectivity index (χ0n) is 13.7. The molecule has 1 heterocycles. The third-order valence-electron chi connectivity index (χ3n) is 2.99. The summed E-state index contributed by atoms with van der Waals surface area (Å²) in [5.41, 5.74) is 5.54. The lowest BCUT2D eigenvalue weighted by Gasteiger charge is -2.11. The van der Waals surface area contributed by atoms with Gasteiger partial charge in [-0.3, -0.25) is 25.8 Å². The number of carbonyl (C=O) groups excluding carboxylic acids is 2. The summed E-state index contributed by atoms with van der Waals surface area (Å²) in [6.45, 7) is 1.59. The molecule has 0 aliphatic heterocycles. The van der Waals surface area contributed by atoms with E-state index >= 15 is 0 Å². The highest BCUT2D eigenvalue weighted by Crippen LogP contribution is 2.21. The first-order chi connectivity index (χ1) is 12.4. The molecular formula is C17H16ClN3O4S. The Balaban J connectivity index is 1.69. The number of amides is 2. The van der Waals surface area contributed by atoms with Crippen LogP contribution in [-0.2, 0) is 9.59 Å². The molecule has 0 spiro atoms. The van der Waals surface area contributed by atoms with Crippen LogP contribution in [0, 0.1) is 6.92 Å². The fourth-order valence-corrected chi connectivity index (χ4v) is 2.19. The van der Waals surface area contributed by atoms with Crippen molar-refractivity contribution in [3.8, 4) is 5.75 Å². The highest BCUT2D eigenvalue weighted by atomic mass is 35.5. The molecule has 0 bridgehead atoms. The summed E-state index contributed by atoms with van der Waals surface area (Å²) in [4.78, 5) is 23.4. The summed E-state index contributed by atoms with van der Waals surface area (Å²) in [6, 6.07) is 8.47. The largest absolute Gasteiger partial charge is 0.483 e. The Morgan fingerprint density at radius 1 is 1.31 bits per heavy atom. The molecule has 0 saturated carbocycles. The first kappa shape index (κ1) is 19.5. The van der Waals surface area contributed by atoms with Gasteiger partial charge in [0.15, 0.2) is 11.7 Å². The minimum atomic E-state index is -0.471. The van der Waals surface area contributed by atoms with Crippen molar-refractivity contribution in [1.29, 1.82) is 0 Å². The standard InChI is InChI=1S/C17H16ClN3O4S/c1-11-9-12(18)4-6-14(11)25-10-16(23)20-21-17(26)19-15(22)7-5-13-3-2-8-24-13/h2-9H,10H2,1H3,(H,20,23)(H2,19,21,22,26)/b7-5+. The molecule has 0 unspecified atom stereocenters. The second-order valence-electron chi connectivity index (χ2n) is 5.04. The summed E-state index contributed by atoms with van der Waals surface area (Å²) < 4.78 is 10.4. The van der Waals surface area contributed by atoms with Crippen molar-refractivity contribution in [3.63, 3.8) is 0 Å². The second-order valence-corrected chi connectivity index (χ2v) is 5.88. The fourth-order valence-electron chi connectivity index (χ4n) is 1.81. The molecule has 0 atom stereocenters. The predicted molar refractivity (Wildman–Crippen MR) is 101 cm³/mol. The van der Waals surface area contributed by atoms with Crippen molar-refractivity contribution in [2.75, 3.05) is 6.61 Å². The number of aryl methyl sites for hydroxylation is 1. The maximum atomic E-state index is 11.7. The molecule has 0 aliphatic rings. The van der Waals surface area contributed by atoms with E-state index in [2.05, 4.69) is 16.2 Å². The van der Waals surface area contributed by atoms with Gasteiger partial charge in [-0.25, -0.2) is 0 Å². The van der Waals surface area contributed by atoms with Crippen LogP contribution in [-0.4, -0.2) is 23.5 Å². The van der Waals surface area contributed by atoms with Gasteiger partial charge >= 0.3 is 0 Å². The molecule has 7 nitrogen and oxygen atoms in total. The van der Waals surface area contributed by atoms with Gasteiger partial charge in [0.25, 0.3) is 5.91 Å². The summed E-state index contributed by atoms with van der Waals surface area (Å²) in [5.74, 6) is 0.133. The number of thiocarbonyl (C=S) groups is 1. The van der Waals surface area contributed by atoms with E-state index in [-0.39, 0.29) is 11.7 Å². The zero-order valence-corrected chi connectivity index (χ0v) is 15.3. The van der Waals surface area contributed by atoms with Crippen molar-refractivity contribution in [3.05, 3.63) is 59.0 Å². The molecule has 0 radical (unpaired) electrons. The van der Waals surface area contributed by atoms with E-state index in [1.54, 1.807) is 30.3 Å². The number of carbonyl (C=O) groups is 2. The number of hydrogen-bond donors (Lipinski definition) is 3. The highest BCUT2D eigenvalue weighted by molar-refractivity contribution is 7.80. The van der Waals surface area contributed by atoms with E-state index in [0.717, 1.165) is 5.56 Å². The summed E-state index contributed by atoms with van der Waals surface area (Å²) in [5, 5.41) is 2.90. The second kappa shape index (κ2) is 9.59. The van der Waals surface area contributed by atoms with E-state index < -0.39 is 11.8 Å². The van der Waals surface area contributed by atoms with E-state index in [0.29, 0.717) is 16.5 Å². The molecular weight excluding hydrogens is 378 g/mol. The monoisotopic (exact) mass is 393 g/mol. The summed E-state index contributed by atoms with van der Waals surface area (Å²) >= 11 is 10.8.